The van der Waals surface area contributed by atoms with Gasteiger partial charge in [0.2, 0.25) is 11.6 Å². The lowest BCUT2D eigenvalue weighted by Crippen LogP contribution is -2.32. The van der Waals surface area contributed by atoms with Crippen LogP contribution in [0.1, 0.15) is 22.5 Å². The smallest absolute Gasteiger partial charge is 0.230 e. The summed E-state index contributed by atoms with van der Waals surface area (Å²) in [4.78, 5) is 6.04. The van der Waals surface area contributed by atoms with Crippen molar-refractivity contribution in [2.45, 2.75) is 24.5 Å². The van der Waals surface area contributed by atoms with E-state index in [1.807, 2.05) is 37.3 Å². The average Bonchev–Trinajstić information content (AvgIpc) is 3.01. The number of H-pyrrole nitrogens is 1. The van der Waals surface area contributed by atoms with Crippen LogP contribution in [-0.2, 0) is 17.5 Å². The molecular formula is C25H26N3OS+. The summed E-state index contributed by atoms with van der Waals surface area (Å²) in [6.45, 7) is 4.06. The summed E-state index contributed by atoms with van der Waals surface area (Å²) >= 11 is 1.85. The molecular weight excluding hydrogens is 390 g/mol. The zero-order chi connectivity index (χ0) is 21.1. The summed E-state index contributed by atoms with van der Waals surface area (Å²) in [5.74, 6) is 1.54. The van der Waals surface area contributed by atoms with Crippen LogP contribution in [0.4, 0.5) is 5.69 Å². The van der Waals surface area contributed by atoms with Crippen LogP contribution < -0.4 is 4.68 Å². The molecule has 0 unspecified atom stereocenters. The van der Waals surface area contributed by atoms with Crippen LogP contribution in [-0.4, -0.2) is 18.1 Å². The molecule has 1 N–H and O–H groups in total. The van der Waals surface area contributed by atoms with E-state index in [0.29, 0.717) is 5.90 Å². The number of hydrogen-bond donors (Lipinski definition) is 1. The van der Waals surface area contributed by atoms with Gasteiger partial charge in [-0.3, -0.25) is 0 Å². The number of benzene rings is 3. The van der Waals surface area contributed by atoms with E-state index >= 15 is 0 Å². The second-order valence-electron chi connectivity index (χ2n) is 7.35. The lowest BCUT2D eigenvalue weighted by Gasteiger charge is -2.07. The Morgan fingerprint density at radius 2 is 1.73 bits per heavy atom. The highest BCUT2D eigenvalue weighted by atomic mass is 32.2. The lowest BCUT2D eigenvalue weighted by molar-refractivity contribution is -0.732. The molecule has 0 aliphatic carbocycles. The molecule has 30 heavy (non-hydrogen) atoms. The van der Waals surface area contributed by atoms with E-state index in [1.54, 1.807) is 7.11 Å². The third-order valence-corrected chi connectivity index (χ3v) is 6.34. The largest absolute Gasteiger partial charge is 0.481 e. The maximum atomic E-state index is 5.59. The van der Waals surface area contributed by atoms with Crippen LogP contribution in [0.3, 0.4) is 0 Å². The van der Waals surface area contributed by atoms with Crippen molar-refractivity contribution in [1.29, 1.82) is 0 Å². The van der Waals surface area contributed by atoms with E-state index in [0.717, 1.165) is 28.4 Å². The highest BCUT2D eigenvalue weighted by Gasteiger charge is 2.17. The number of thioether (sulfide) groups is 1. The van der Waals surface area contributed by atoms with Crippen LogP contribution in [0.2, 0.25) is 0 Å². The SMILES string of the molecule is COC(=Nc1c(C)[nH][n+](C)c1C)c1ccc(CSc2ccc3ccccc3c2)cc1. The molecule has 1 aromatic heterocycles. The summed E-state index contributed by atoms with van der Waals surface area (Å²) < 4.78 is 7.56. The average molecular weight is 417 g/mol. The van der Waals surface area contributed by atoms with Gasteiger partial charge in [0.1, 0.15) is 5.69 Å². The van der Waals surface area contributed by atoms with Gasteiger partial charge in [0, 0.05) is 23.1 Å². The summed E-state index contributed by atoms with van der Waals surface area (Å²) in [7, 11) is 3.65. The fraction of sp³-hybridized carbons (Fsp3) is 0.200. The first-order valence-corrected chi connectivity index (χ1v) is 10.9. The molecule has 1 heterocycles. The molecule has 0 fully saturated rings. The number of ether oxygens (including phenoxy) is 1. The predicted octanol–water partition coefficient (Wildman–Crippen LogP) is 5.63. The van der Waals surface area contributed by atoms with Crippen LogP contribution in [0, 0.1) is 13.8 Å². The number of aryl methyl sites for hydroxylation is 2. The first-order chi connectivity index (χ1) is 14.5. The van der Waals surface area contributed by atoms with Crippen LogP contribution in [0.5, 0.6) is 0 Å². The van der Waals surface area contributed by atoms with Crippen LogP contribution in [0.25, 0.3) is 10.8 Å². The molecule has 4 aromatic rings. The topological polar surface area (TPSA) is 41.3 Å². The monoisotopic (exact) mass is 416 g/mol. The Morgan fingerprint density at radius 3 is 2.40 bits per heavy atom. The van der Waals surface area contributed by atoms with Crippen molar-refractivity contribution in [1.82, 2.24) is 5.10 Å². The van der Waals surface area contributed by atoms with Crippen molar-refractivity contribution in [2.24, 2.45) is 12.0 Å². The van der Waals surface area contributed by atoms with E-state index in [-0.39, 0.29) is 0 Å². The van der Waals surface area contributed by atoms with Crippen molar-refractivity contribution in [3.63, 3.8) is 0 Å². The summed E-state index contributed by atoms with van der Waals surface area (Å²) in [6.07, 6.45) is 0. The van der Waals surface area contributed by atoms with Gasteiger partial charge in [-0.2, -0.15) is 5.10 Å². The summed E-state index contributed by atoms with van der Waals surface area (Å²) in [5, 5.41) is 5.82. The lowest BCUT2D eigenvalue weighted by atomic mass is 10.1. The van der Waals surface area contributed by atoms with E-state index < -0.39 is 0 Å². The fourth-order valence-corrected chi connectivity index (χ4v) is 4.38. The maximum Gasteiger partial charge on any atom is 0.230 e. The Hall–Kier alpha value is -3.05. The number of methoxy groups -OCH3 is 1. The molecule has 4 rings (SSSR count). The third-order valence-electron chi connectivity index (χ3n) is 5.27. The number of hydrogen-bond acceptors (Lipinski definition) is 3. The van der Waals surface area contributed by atoms with E-state index in [9.17, 15) is 0 Å². The number of aliphatic imine (C=N–C) groups is 1. The summed E-state index contributed by atoms with van der Waals surface area (Å²) in [5.41, 5.74) is 5.26. The molecule has 0 amide bonds. The number of rotatable bonds is 5. The molecule has 0 spiro atoms. The maximum absolute atomic E-state index is 5.59. The Kier molecular flexibility index (Phi) is 5.91. The molecule has 0 saturated heterocycles. The fourth-order valence-electron chi connectivity index (χ4n) is 3.48. The van der Waals surface area contributed by atoms with Gasteiger partial charge in [0.15, 0.2) is 12.7 Å². The van der Waals surface area contributed by atoms with E-state index in [1.165, 1.54) is 21.2 Å². The van der Waals surface area contributed by atoms with E-state index in [4.69, 9.17) is 9.73 Å². The van der Waals surface area contributed by atoms with Crippen LogP contribution >= 0.6 is 11.8 Å². The molecule has 5 heteroatoms. The van der Waals surface area contributed by atoms with Gasteiger partial charge in [0.05, 0.1) is 7.11 Å². The first kappa shape index (κ1) is 20.2. The second-order valence-corrected chi connectivity index (χ2v) is 8.39. The molecule has 0 atom stereocenters. The highest BCUT2D eigenvalue weighted by molar-refractivity contribution is 7.98. The Morgan fingerprint density at radius 1 is 1.00 bits per heavy atom. The molecule has 4 nitrogen and oxygen atoms in total. The van der Waals surface area contributed by atoms with Crippen molar-refractivity contribution in [2.75, 3.05) is 7.11 Å². The predicted molar refractivity (Wildman–Crippen MR) is 125 cm³/mol. The normalized spacial score (nSPS) is 11.8. The zero-order valence-electron chi connectivity index (χ0n) is 17.8. The van der Waals surface area contributed by atoms with Gasteiger partial charge < -0.3 is 4.74 Å². The minimum Gasteiger partial charge on any atom is -0.481 e. The Balaban J connectivity index is 1.49. The Bertz CT molecular complexity index is 1210. The van der Waals surface area contributed by atoms with Crippen molar-refractivity contribution < 1.29 is 9.42 Å². The third kappa shape index (κ3) is 4.26. The van der Waals surface area contributed by atoms with Gasteiger partial charge >= 0.3 is 0 Å². The number of nitrogens with zero attached hydrogens (tertiary/aromatic N) is 2. The number of aromatic nitrogens is 2. The van der Waals surface area contributed by atoms with E-state index in [2.05, 4.69) is 71.8 Å². The quantitative estimate of drug-likeness (QED) is 0.198. The van der Waals surface area contributed by atoms with Gasteiger partial charge in [-0.15, -0.1) is 16.4 Å². The molecule has 0 saturated carbocycles. The van der Waals surface area contributed by atoms with Gasteiger partial charge in [-0.05, 0) is 47.5 Å². The molecule has 0 aliphatic rings. The zero-order valence-corrected chi connectivity index (χ0v) is 18.6. The first-order valence-electron chi connectivity index (χ1n) is 9.94. The van der Waals surface area contributed by atoms with Gasteiger partial charge in [0.25, 0.3) is 0 Å². The van der Waals surface area contributed by atoms with Crippen LogP contribution in [0.15, 0.2) is 76.6 Å². The second kappa shape index (κ2) is 8.76. The Labute approximate surface area is 181 Å². The minimum absolute atomic E-state index is 0.620. The van der Waals surface area contributed by atoms with Crippen molar-refractivity contribution in [3.05, 3.63) is 89.2 Å². The minimum atomic E-state index is 0.620. The number of fused-ring (bicyclic) bond motifs is 1. The molecule has 0 aliphatic heterocycles. The molecule has 3 aromatic carbocycles. The molecule has 0 bridgehead atoms. The summed E-state index contributed by atoms with van der Waals surface area (Å²) in [6, 6.07) is 23.6. The molecule has 0 radical (unpaired) electrons. The van der Waals surface area contributed by atoms with Gasteiger partial charge in [-0.1, -0.05) is 42.5 Å². The molecule has 152 valence electrons. The number of nitrogens with one attached hydrogen (secondary N) is 1. The standard InChI is InChI=1S/C25H25N3OS/c1-17-24(18(2)28(3)27-17)26-25(29-4)21-11-9-19(10-12-21)16-30-23-14-13-20-7-5-6-8-22(20)15-23/h5-15H,16H2,1-4H3/p+1. The van der Waals surface area contributed by atoms with Crippen molar-refractivity contribution in [3.8, 4) is 0 Å². The van der Waals surface area contributed by atoms with Crippen molar-refractivity contribution >= 4 is 34.1 Å². The number of aromatic amines is 1. The highest BCUT2D eigenvalue weighted by Crippen LogP contribution is 2.27. The van der Waals surface area contributed by atoms with Gasteiger partial charge in [-0.25, -0.2) is 4.99 Å².